The first-order valence-corrected chi connectivity index (χ1v) is 12.7. The van der Waals surface area contributed by atoms with Crippen molar-refractivity contribution in [3.05, 3.63) is 65.2 Å². The van der Waals surface area contributed by atoms with Crippen LogP contribution in [-0.2, 0) is 16.6 Å². The lowest BCUT2D eigenvalue weighted by Gasteiger charge is -2.64. The SMILES string of the molecule is C[C@H](F)CN1CCC23c4cc(O)ccc4CC1C21CCC2C3[C@@H](CN2C(=O)c2ccccc2)O1. The highest BCUT2D eigenvalue weighted by Gasteiger charge is 2.78. The molecule has 6 heteroatoms. The zero-order valence-electron chi connectivity index (χ0n) is 19.5. The van der Waals surface area contributed by atoms with Gasteiger partial charge in [-0.3, -0.25) is 9.69 Å². The normalized spacial score (nSPS) is 38.4. The topological polar surface area (TPSA) is 53.0 Å². The van der Waals surface area contributed by atoms with Gasteiger partial charge in [-0.15, -0.1) is 0 Å². The van der Waals surface area contributed by atoms with Crippen molar-refractivity contribution < 1.29 is 19.0 Å². The van der Waals surface area contributed by atoms with Crippen LogP contribution in [-0.4, -0.2) is 70.4 Å². The number of carbonyl (C=O) groups excluding carboxylic acids is 1. The summed E-state index contributed by atoms with van der Waals surface area (Å²) in [7, 11) is 0. The van der Waals surface area contributed by atoms with Crippen molar-refractivity contribution in [2.24, 2.45) is 5.92 Å². The third kappa shape index (κ3) is 2.48. The highest BCUT2D eigenvalue weighted by Crippen LogP contribution is 2.69. The fraction of sp³-hybridized carbons (Fsp3) is 0.536. The molecule has 4 fully saturated rings. The van der Waals surface area contributed by atoms with E-state index in [1.165, 1.54) is 11.1 Å². The average molecular weight is 463 g/mol. The standard InChI is InChI=1S/C28H31FN2O3/c1-17(29)15-30-12-11-27-21-14-20(32)8-7-19(21)13-24(30)28(27)10-9-22-25(27)23(34-28)16-31(22)26(33)18-5-3-2-4-6-18/h2-8,14,17,22-25,32H,9-13,15-16H2,1H3/t17-,22?,23+,24?,25?,27?,28?/m0/s1. The van der Waals surface area contributed by atoms with Gasteiger partial charge in [0.05, 0.1) is 11.7 Å². The molecule has 3 heterocycles. The van der Waals surface area contributed by atoms with Crippen LogP contribution < -0.4 is 0 Å². The number of likely N-dealkylation sites (tertiary alicyclic amines) is 2. The number of benzene rings is 2. The van der Waals surface area contributed by atoms with Crippen molar-refractivity contribution in [1.82, 2.24) is 9.80 Å². The molecule has 0 spiro atoms. The Morgan fingerprint density at radius 3 is 2.85 bits per heavy atom. The summed E-state index contributed by atoms with van der Waals surface area (Å²) in [5, 5.41) is 10.5. The number of nitrogens with zero attached hydrogens (tertiary/aromatic N) is 2. The van der Waals surface area contributed by atoms with Gasteiger partial charge >= 0.3 is 0 Å². The van der Waals surface area contributed by atoms with Gasteiger partial charge in [0.1, 0.15) is 11.9 Å². The van der Waals surface area contributed by atoms with Gasteiger partial charge in [-0.25, -0.2) is 4.39 Å². The summed E-state index contributed by atoms with van der Waals surface area (Å²) in [6.07, 6.45) is 2.55. The van der Waals surface area contributed by atoms with Gasteiger partial charge < -0.3 is 14.7 Å². The Bertz CT molecular complexity index is 1160. The zero-order valence-corrected chi connectivity index (χ0v) is 19.5. The van der Waals surface area contributed by atoms with Crippen molar-refractivity contribution in [3.63, 3.8) is 0 Å². The van der Waals surface area contributed by atoms with Crippen molar-refractivity contribution in [3.8, 4) is 5.75 Å². The molecule has 1 saturated carbocycles. The smallest absolute Gasteiger partial charge is 0.254 e. The van der Waals surface area contributed by atoms with Gasteiger partial charge in [-0.05, 0) is 74.5 Å². The van der Waals surface area contributed by atoms with Crippen LogP contribution in [0.15, 0.2) is 48.5 Å². The molecule has 2 aliphatic carbocycles. The summed E-state index contributed by atoms with van der Waals surface area (Å²) in [4.78, 5) is 17.9. The molecule has 2 aromatic carbocycles. The molecule has 1 amide bonds. The van der Waals surface area contributed by atoms with E-state index in [1.54, 1.807) is 13.0 Å². The van der Waals surface area contributed by atoms with Gasteiger partial charge in [0, 0.05) is 42.1 Å². The second kappa shape index (κ2) is 7.05. The molecule has 7 atom stereocenters. The number of hydrogen-bond acceptors (Lipinski definition) is 4. The first-order valence-electron chi connectivity index (χ1n) is 12.7. The van der Waals surface area contributed by atoms with E-state index >= 15 is 0 Å². The number of fused-ring (bicyclic) bond motifs is 1. The molecule has 3 saturated heterocycles. The number of halogens is 1. The summed E-state index contributed by atoms with van der Waals surface area (Å²) in [6.45, 7) is 3.49. The number of phenols is 1. The maximum absolute atomic E-state index is 14.2. The summed E-state index contributed by atoms with van der Waals surface area (Å²) in [6, 6.07) is 15.6. The predicted molar refractivity (Wildman–Crippen MR) is 126 cm³/mol. The Morgan fingerprint density at radius 2 is 2.06 bits per heavy atom. The number of phenolic OH excluding ortho intramolecular Hbond substituents is 1. The molecule has 34 heavy (non-hydrogen) atoms. The van der Waals surface area contributed by atoms with E-state index < -0.39 is 6.17 Å². The highest BCUT2D eigenvalue weighted by molar-refractivity contribution is 5.94. The van der Waals surface area contributed by atoms with Crippen molar-refractivity contribution in [2.45, 2.75) is 68.0 Å². The first kappa shape index (κ1) is 20.9. The van der Waals surface area contributed by atoms with E-state index in [0.717, 1.165) is 37.8 Å². The molecule has 4 bridgehead atoms. The first-order chi connectivity index (χ1) is 16.4. The Hall–Kier alpha value is -2.44. The molecule has 5 aliphatic rings. The predicted octanol–water partition coefficient (Wildman–Crippen LogP) is 3.69. The zero-order chi connectivity index (χ0) is 23.2. The summed E-state index contributed by atoms with van der Waals surface area (Å²) >= 11 is 0. The van der Waals surface area contributed by atoms with Crippen molar-refractivity contribution >= 4 is 5.91 Å². The molecule has 0 radical (unpaired) electrons. The molecule has 1 N–H and O–H groups in total. The number of piperidine rings is 1. The summed E-state index contributed by atoms with van der Waals surface area (Å²) < 4.78 is 21.3. The molecular weight excluding hydrogens is 431 g/mol. The van der Waals surface area contributed by atoms with E-state index in [0.29, 0.717) is 13.1 Å². The molecule has 2 aromatic rings. The fourth-order valence-electron chi connectivity index (χ4n) is 8.69. The summed E-state index contributed by atoms with van der Waals surface area (Å²) in [5.74, 6) is 0.568. The molecule has 5 unspecified atom stereocenters. The van der Waals surface area contributed by atoms with Gasteiger partial charge in [0.2, 0.25) is 0 Å². The van der Waals surface area contributed by atoms with Gasteiger partial charge in [0.15, 0.2) is 0 Å². The van der Waals surface area contributed by atoms with Crippen LogP contribution in [0, 0.1) is 5.92 Å². The van der Waals surface area contributed by atoms with Crippen LogP contribution >= 0.6 is 0 Å². The number of aromatic hydroxyl groups is 1. The average Bonchev–Trinajstić information content (AvgIpc) is 3.27. The van der Waals surface area contributed by atoms with Crippen LogP contribution in [0.5, 0.6) is 5.75 Å². The molecule has 5 nitrogen and oxygen atoms in total. The van der Waals surface area contributed by atoms with Crippen LogP contribution in [0.1, 0.15) is 47.7 Å². The second-order valence-electron chi connectivity index (χ2n) is 11.1. The molecular formula is C28H31FN2O3. The minimum Gasteiger partial charge on any atom is -0.508 e. The highest BCUT2D eigenvalue weighted by atomic mass is 19.1. The maximum atomic E-state index is 14.2. The van der Waals surface area contributed by atoms with Crippen LogP contribution in [0.25, 0.3) is 0 Å². The van der Waals surface area contributed by atoms with Gasteiger partial charge in [0.25, 0.3) is 5.91 Å². The number of amides is 1. The van der Waals surface area contributed by atoms with E-state index in [9.17, 15) is 14.3 Å². The lowest BCUT2D eigenvalue weighted by molar-refractivity contribution is -0.172. The number of carbonyl (C=O) groups is 1. The van der Waals surface area contributed by atoms with E-state index in [1.807, 2.05) is 36.4 Å². The van der Waals surface area contributed by atoms with Crippen LogP contribution in [0.2, 0.25) is 0 Å². The second-order valence-corrected chi connectivity index (χ2v) is 11.1. The third-order valence-electron chi connectivity index (χ3n) is 9.62. The Labute approximate surface area is 199 Å². The van der Waals surface area contributed by atoms with Crippen LogP contribution in [0.4, 0.5) is 4.39 Å². The summed E-state index contributed by atoms with van der Waals surface area (Å²) in [5.41, 5.74) is 2.55. The molecule has 7 rings (SSSR count). The number of hydrogen-bond donors (Lipinski definition) is 1. The monoisotopic (exact) mass is 462 g/mol. The molecule has 3 aliphatic heterocycles. The maximum Gasteiger partial charge on any atom is 0.254 e. The van der Waals surface area contributed by atoms with Crippen molar-refractivity contribution in [2.75, 3.05) is 19.6 Å². The van der Waals surface area contributed by atoms with Crippen molar-refractivity contribution in [1.29, 1.82) is 0 Å². The van der Waals surface area contributed by atoms with Crippen LogP contribution in [0.3, 0.4) is 0 Å². The van der Waals surface area contributed by atoms with Gasteiger partial charge in [-0.1, -0.05) is 24.3 Å². The fourth-order valence-corrected chi connectivity index (χ4v) is 8.69. The Balaban J connectivity index is 1.35. The Kier molecular flexibility index (Phi) is 4.33. The van der Waals surface area contributed by atoms with Gasteiger partial charge in [-0.2, -0.15) is 0 Å². The third-order valence-corrected chi connectivity index (χ3v) is 9.62. The minimum atomic E-state index is -0.888. The number of rotatable bonds is 3. The van der Waals surface area contributed by atoms with E-state index in [2.05, 4.69) is 15.9 Å². The van der Waals surface area contributed by atoms with E-state index in [-0.39, 0.29) is 46.8 Å². The lowest BCUT2D eigenvalue weighted by atomic mass is 9.46. The van der Waals surface area contributed by atoms with E-state index in [4.69, 9.17) is 4.74 Å². The lowest BCUT2D eigenvalue weighted by Crippen LogP contribution is -2.74. The largest absolute Gasteiger partial charge is 0.508 e. The quantitative estimate of drug-likeness (QED) is 0.756. The number of alkyl halides is 1. The Morgan fingerprint density at radius 1 is 1.24 bits per heavy atom. The molecule has 0 aromatic heterocycles. The minimum absolute atomic E-state index is 0.0290. The molecule has 178 valence electrons. The number of ether oxygens (including phenoxy) is 1.